The van der Waals surface area contributed by atoms with Gasteiger partial charge in [0.2, 0.25) is 11.4 Å². The standard InChI is InChI=1S/C32H44N6O8/c1-29(2,3)43-25(39)21-23(27(41)45-31(7,8)9)37(35-33-21)17-19-15-13-14-16-20(19)18-38-24(28(42)46-32(10,11)12)22(34-36-38)26(40)44-30(4,5)6/h13-16H,17-18H2,1-12H3. The first-order chi connectivity index (χ1) is 20.9. The van der Waals surface area contributed by atoms with Gasteiger partial charge in [-0.2, -0.15) is 0 Å². The van der Waals surface area contributed by atoms with E-state index >= 15 is 0 Å². The monoisotopic (exact) mass is 640 g/mol. The Labute approximate surface area is 268 Å². The van der Waals surface area contributed by atoms with E-state index in [-0.39, 0.29) is 35.9 Å². The highest BCUT2D eigenvalue weighted by molar-refractivity contribution is 6.01. The van der Waals surface area contributed by atoms with Crippen LogP contribution in [0, 0.1) is 0 Å². The van der Waals surface area contributed by atoms with Gasteiger partial charge in [-0.05, 0) is 94.2 Å². The van der Waals surface area contributed by atoms with Crippen LogP contribution in [0.15, 0.2) is 24.3 Å². The van der Waals surface area contributed by atoms with E-state index in [1.807, 2.05) is 0 Å². The van der Waals surface area contributed by atoms with Crippen LogP contribution in [-0.4, -0.2) is 76.3 Å². The van der Waals surface area contributed by atoms with Crippen molar-refractivity contribution in [1.82, 2.24) is 30.0 Å². The number of hydrogen-bond donors (Lipinski definition) is 0. The van der Waals surface area contributed by atoms with E-state index < -0.39 is 46.3 Å². The third-order valence-electron chi connectivity index (χ3n) is 5.60. The van der Waals surface area contributed by atoms with Crippen LogP contribution in [0.5, 0.6) is 0 Å². The van der Waals surface area contributed by atoms with Crippen molar-refractivity contribution in [1.29, 1.82) is 0 Å². The van der Waals surface area contributed by atoms with Crippen LogP contribution < -0.4 is 0 Å². The Morgan fingerprint density at radius 3 is 1.09 bits per heavy atom. The number of benzene rings is 1. The van der Waals surface area contributed by atoms with Crippen molar-refractivity contribution in [2.75, 3.05) is 0 Å². The lowest BCUT2D eigenvalue weighted by Crippen LogP contribution is -2.29. The predicted octanol–water partition coefficient (Wildman–Crippen LogP) is 4.79. The maximum atomic E-state index is 13.4. The van der Waals surface area contributed by atoms with Crippen molar-refractivity contribution in [3.05, 3.63) is 58.2 Å². The van der Waals surface area contributed by atoms with Gasteiger partial charge in [0.1, 0.15) is 22.4 Å². The van der Waals surface area contributed by atoms with E-state index in [2.05, 4.69) is 20.6 Å². The molecule has 250 valence electrons. The molecular formula is C32H44N6O8. The highest BCUT2D eigenvalue weighted by Gasteiger charge is 2.34. The zero-order valence-corrected chi connectivity index (χ0v) is 28.7. The second kappa shape index (κ2) is 13.0. The lowest BCUT2D eigenvalue weighted by molar-refractivity contribution is 0.000736. The zero-order valence-electron chi connectivity index (χ0n) is 28.7. The highest BCUT2D eigenvalue weighted by atomic mass is 16.6. The number of carbonyl (C=O) groups excluding carboxylic acids is 4. The smallest absolute Gasteiger partial charge is 0.362 e. The van der Waals surface area contributed by atoms with Crippen LogP contribution in [0.1, 0.15) is 136 Å². The largest absolute Gasteiger partial charge is 0.455 e. The van der Waals surface area contributed by atoms with Crippen LogP contribution in [0.3, 0.4) is 0 Å². The summed E-state index contributed by atoms with van der Waals surface area (Å²) in [6, 6.07) is 7.11. The number of rotatable bonds is 8. The molecule has 3 rings (SSSR count). The molecule has 2 heterocycles. The molecule has 46 heavy (non-hydrogen) atoms. The Hall–Kier alpha value is -4.62. The highest BCUT2D eigenvalue weighted by Crippen LogP contribution is 2.22. The summed E-state index contributed by atoms with van der Waals surface area (Å²) in [7, 11) is 0. The molecule has 0 unspecified atom stereocenters. The van der Waals surface area contributed by atoms with E-state index in [0.29, 0.717) is 11.1 Å². The molecule has 0 N–H and O–H groups in total. The minimum absolute atomic E-state index is 0.0179. The quantitative estimate of drug-likeness (QED) is 0.244. The number of hydrogen-bond acceptors (Lipinski definition) is 12. The molecule has 0 saturated heterocycles. The topological polar surface area (TPSA) is 167 Å². The van der Waals surface area contributed by atoms with Crippen molar-refractivity contribution in [2.45, 2.75) is 119 Å². The first-order valence-corrected chi connectivity index (χ1v) is 14.8. The summed E-state index contributed by atoms with van der Waals surface area (Å²) in [5.41, 5.74) is -3.09. The Bertz CT molecular complexity index is 1490. The normalized spacial score (nSPS) is 12.4. The van der Waals surface area contributed by atoms with Crippen LogP contribution in [0.4, 0.5) is 0 Å². The summed E-state index contributed by atoms with van der Waals surface area (Å²) >= 11 is 0. The average Bonchev–Trinajstić information content (AvgIpc) is 3.46. The summed E-state index contributed by atoms with van der Waals surface area (Å²) in [5, 5.41) is 16.2. The van der Waals surface area contributed by atoms with Gasteiger partial charge in [0.25, 0.3) is 0 Å². The maximum absolute atomic E-state index is 13.4. The maximum Gasteiger partial charge on any atom is 0.362 e. The van der Waals surface area contributed by atoms with Gasteiger partial charge in [-0.15, -0.1) is 10.2 Å². The molecule has 0 atom stereocenters. The summed E-state index contributed by atoms with van der Waals surface area (Å²) in [6.45, 7) is 20.4. The molecule has 0 fully saturated rings. The Morgan fingerprint density at radius 2 is 0.804 bits per heavy atom. The van der Waals surface area contributed by atoms with Crippen molar-refractivity contribution in [3.63, 3.8) is 0 Å². The molecule has 3 aromatic rings. The van der Waals surface area contributed by atoms with Gasteiger partial charge in [-0.3, -0.25) is 0 Å². The van der Waals surface area contributed by atoms with Crippen LogP contribution in [0.25, 0.3) is 0 Å². The molecule has 0 amide bonds. The van der Waals surface area contributed by atoms with E-state index in [1.165, 1.54) is 9.36 Å². The van der Waals surface area contributed by atoms with Gasteiger partial charge in [0, 0.05) is 0 Å². The minimum Gasteiger partial charge on any atom is -0.455 e. The number of carbonyl (C=O) groups is 4. The second-order valence-corrected chi connectivity index (χ2v) is 14.7. The molecule has 0 aliphatic carbocycles. The number of esters is 4. The van der Waals surface area contributed by atoms with Crippen molar-refractivity contribution >= 4 is 23.9 Å². The molecule has 2 aromatic heterocycles. The first kappa shape index (κ1) is 35.9. The van der Waals surface area contributed by atoms with Crippen molar-refractivity contribution in [3.8, 4) is 0 Å². The number of ether oxygens (including phenoxy) is 4. The molecule has 0 saturated carbocycles. The SMILES string of the molecule is CC(C)(C)OC(=O)c1nnn(Cc2ccccc2Cn2nnc(C(=O)OC(C)(C)C)c2C(=O)OC(C)(C)C)c1C(=O)OC(C)(C)C. The average molecular weight is 641 g/mol. The lowest BCUT2D eigenvalue weighted by Gasteiger charge is -2.21. The Balaban J connectivity index is 2.07. The molecule has 0 spiro atoms. The summed E-state index contributed by atoms with van der Waals surface area (Å²) in [5.74, 6) is -3.26. The Morgan fingerprint density at radius 1 is 0.522 bits per heavy atom. The Kier molecular flexibility index (Phi) is 10.1. The van der Waals surface area contributed by atoms with Gasteiger partial charge in [0.15, 0.2) is 11.4 Å². The molecule has 0 aliphatic heterocycles. The number of aromatic nitrogens is 6. The fourth-order valence-electron chi connectivity index (χ4n) is 4.02. The second-order valence-electron chi connectivity index (χ2n) is 14.7. The molecule has 0 radical (unpaired) electrons. The van der Waals surface area contributed by atoms with Gasteiger partial charge in [0.05, 0.1) is 13.1 Å². The van der Waals surface area contributed by atoms with Gasteiger partial charge in [-0.1, -0.05) is 34.7 Å². The van der Waals surface area contributed by atoms with Crippen molar-refractivity contribution in [2.24, 2.45) is 0 Å². The summed E-state index contributed by atoms with van der Waals surface area (Å²) < 4.78 is 24.6. The predicted molar refractivity (Wildman–Crippen MR) is 165 cm³/mol. The third kappa shape index (κ3) is 9.94. The molecular weight excluding hydrogens is 596 g/mol. The first-order valence-electron chi connectivity index (χ1n) is 14.8. The van der Waals surface area contributed by atoms with Crippen LogP contribution >= 0.6 is 0 Å². The molecule has 14 heteroatoms. The van der Waals surface area contributed by atoms with Gasteiger partial charge in [-0.25, -0.2) is 28.5 Å². The summed E-state index contributed by atoms with van der Waals surface area (Å²) in [6.07, 6.45) is 0. The summed E-state index contributed by atoms with van der Waals surface area (Å²) in [4.78, 5) is 52.7. The van der Waals surface area contributed by atoms with E-state index in [9.17, 15) is 19.2 Å². The zero-order chi connectivity index (χ0) is 34.8. The van der Waals surface area contributed by atoms with Crippen LogP contribution in [-0.2, 0) is 32.0 Å². The lowest BCUT2D eigenvalue weighted by atomic mass is 10.1. The van der Waals surface area contributed by atoms with E-state index in [4.69, 9.17) is 18.9 Å². The van der Waals surface area contributed by atoms with E-state index in [1.54, 1.807) is 107 Å². The molecule has 14 nitrogen and oxygen atoms in total. The fraction of sp³-hybridized carbons (Fsp3) is 0.562. The minimum atomic E-state index is -0.869. The molecule has 1 aromatic carbocycles. The van der Waals surface area contributed by atoms with Gasteiger partial charge < -0.3 is 18.9 Å². The van der Waals surface area contributed by atoms with Crippen molar-refractivity contribution < 1.29 is 38.1 Å². The van der Waals surface area contributed by atoms with E-state index in [0.717, 1.165) is 0 Å². The van der Waals surface area contributed by atoms with Crippen LogP contribution in [0.2, 0.25) is 0 Å². The molecule has 0 bridgehead atoms. The van der Waals surface area contributed by atoms with Gasteiger partial charge >= 0.3 is 23.9 Å². The fourth-order valence-corrected chi connectivity index (χ4v) is 4.02. The molecule has 0 aliphatic rings. The third-order valence-corrected chi connectivity index (χ3v) is 5.60. The number of nitrogens with zero attached hydrogens (tertiary/aromatic N) is 6.